The smallest absolute Gasteiger partial charge is 0.322 e. The molecule has 4 rings (SSSR count). The molecule has 0 spiro atoms. The molecule has 12 nitrogen and oxygen atoms in total. The van der Waals surface area contributed by atoms with Gasteiger partial charge in [0.1, 0.15) is 35.2 Å². The van der Waals surface area contributed by atoms with Gasteiger partial charge in [-0.3, -0.25) is 24.0 Å². The van der Waals surface area contributed by atoms with Crippen molar-refractivity contribution < 1.29 is 47.7 Å². The number of carbonyl (C=O) groups excluding carboxylic acids is 4. The van der Waals surface area contributed by atoms with E-state index in [1.54, 1.807) is 45.0 Å². The quantitative estimate of drug-likeness (QED) is 0.148. The van der Waals surface area contributed by atoms with Crippen molar-refractivity contribution in [3.8, 4) is 5.75 Å². The number of hydrogen-bond acceptors (Lipinski definition) is 8. The number of aliphatic carboxylic acids is 1. The van der Waals surface area contributed by atoms with Gasteiger partial charge in [0.05, 0.1) is 18.7 Å². The Balaban J connectivity index is 1.34. The molecule has 0 radical (unpaired) electrons. The molecule has 1 saturated heterocycles. The normalized spacial score (nSPS) is 16.8. The molecule has 4 atom stereocenters. The van der Waals surface area contributed by atoms with Crippen LogP contribution in [-0.2, 0) is 24.0 Å². The van der Waals surface area contributed by atoms with E-state index in [0.717, 1.165) is 5.56 Å². The van der Waals surface area contributed by atoms with Crippen molar-refractivity contribution in [2.75, 3.05) is 30.3 Å². The number of anilines is 1. The Morgan fingerprint density at radius 1 is 0.880 bits per heavy atom. The van der Waals surface area contributed by atoms with E-state index in [1.807, 2.05) is 0 Å². The van der Waals surface area contributed by atoms with Gasteiger partial charge in [0.25, 0.3) is 5.91 Å². The molecular weight excluding hydrogens is 674 g/mol. The number of carboxylic acids is 1. The predicted molar refractivity (Wildman–Crippen MR) is 181 cm³/mol. The minimum Gasteiger partial charge on any atom is -0.484 e. The van der Waals surface area contributed by atoms with E-state index < -0.39 is 83.9 Å². The van der Waals surface area contributed by atoms with Crippen LogP contribution in [0.5, 0.6) is 5.75 Å². The van der Waals surface area contributed by atoms with E-state index in [4.69, 9.17) is 9.84 Å². The monoisotopic (exact) mass is 712 g/mol. The van der Waals surface area contributed by atoms with Crippen LogP contribution >= 0.6 is 11.8 Å². The highest BCUT2D eigenvalue weighted by Gasteiger charge is 2.49. The summed E-state index contributed by atoms with van der Waals surface area (Å²) in [5.41, 5.74) is 0.980. The number of halogens is 2. The molecule has 5 N–H and O–H groups in total. The summed E-state index contributed by atoms with van der Waals surface area (Å²) in [6.45, 7) is 3.59. The van der Waals surface area contributed by atoms with Crippen molar-refractivity contribution >= 4 is 47.0 Å². The molecule has 0 aromatic heterocycles. The summed E-state index contributed by atoms with van der Waals surface area (Å²) in [6, 6.07) is 16.1. The molecule has 1 heterocycles. The molecule has 1 aliphatic rings. The lowest BCUT2D eigenvalue weighted by molar-refractivity contribution is -0.139. The zero-order valence-electron chi connectivity index (χ0n) is 27.5. The molecule has 0 unspecified atom stereocenters. The number of thioether (sulfide) groups is 1. The van der Waals surface area contributed by atoms with Crippen molar-refractivity contribution in [2.45, 2.75) is 44.2 Å². The molecule has 0 aliphatic carbocycles. The number of β-lactam (4-membered cyclic amide) rings is 1. The lowest BCUT2D eigenvalue weighted by Crippen LogP contribution is -2.57. The average molecular weight is 713 g/mol. The van der Waals surface area contributed by atoms with Crippen LogP contribution in [0, 0.1) is 17.0 Å². The molecule has 50 heavy (non-hydrogen) atoms. The highest BCUT2D eigenvalue weighted by atomic mass is 32.2. The molecule has 3 aromatic carbocycles. The molecule has 4 amide bonds. The first kappa shape index (κ1) is 37.8. The van der Waals surface area contributed by atoms with Crippen LogP contribution in [0.25, 0.3) is 0 Å². The number of carbonyl (C=O) groups is 5. The van der Waals surface area contributed by atoms with Crippen LogP contribution in [0.1, 0.15) is 44.0 Å². The Bertz CT molecular complexity index is 1680. The fraction of sp³-hybridized carbons (Fsp3) is 0.343. The van der Waals surface area contributed by atoms with Crippen LogP contribution in [0.3, 0.4) is 0 Å². The third kappa shape index (κ3) is 10.0. The lowest BCUT2D eigenvalue weighted by atomic mass is 9.86. The Labute approximate surface area is 291 Å². The van der Waals surface area contributed by atoms with Gasteiger partial charge in [0.2, 0.25) is 17.7 Å². The van der Waals surface area contributed by atoms with Gasteiger partial charge in [0.15, 0.2) is 6.61 Å². The van der Waals surface area contributed by atoms with Gasteiger partial charge >= 0.3 is 5.97 Å². The molecule has 266 valence electrons. The summed E-state index contributed by atoms with van der Waals surface area (Å²) in [7, 11) is 0. The summed E-state index contributed by atoms with van der Waals surface area (Å²) < 4.78 is 32.5. The number of benzene rings is 3. The van der Waals surface area contributed by atoms with Crippen molar-refractivity contribution in [3.05, 3.63) is 95.6 Å². The Kier molecular flexibility index (Phi) is 12.5. The number of nitrogens with one attached hydrogen (secondary N) is 3. The van der Waals surface area contributed by atoms with E-state index in [0.29, 0.717) is 17.0 Å². The van der Waals surface area contributed by atoms with E-state index in [1.165, 1.54) is 65.2 Å². The van der Waals surface area contributed by atoms with Crippen LogP contribution in [0.2, 0.25) is 0 Å². The van der Waals surface area contributed by atoms with Crippen LogP contribution in [0.15, 0.2) is 72.8 Å². The first-order chi connectivity index (χ1) is 23.6. The van der Waals surface area contributed by atoms with Crippen molar-refractivity contribution in [1.82, 2.24) is 16.0 Å². The van der Waals surface area contributed by atoms with Crippen LogP contribution in [-0.4, -0.2) is 76.6 Å². The maximum Gasteiger partial charge on any atom is 0.322 e. The van der Waals surface area contributed by atoms with Gasteiger partial charge in [-0.15, -0.1) is 11.8 Å². The number of aliphatic hydroxyl groups is 1. The maximum absolute atomic E-state index is 13.6. The Morgan fingerprint density at radius 2 is 1.48 bits per heavy atom. The van der Waals surface area contributed by atoms with E-state index in [2.05, 4.69) is 16.0 Å². The molecule has 15 heteroatoms. The number of rotatable bonds is 15. The summed E-state index contributed by atoms with van der Waals surface area (Å²) in [5, 5.41) is 26.0. The zero-order chi connectivity index (χ0) is 36.6. The number of carboxylic acid groups (broad SMARTS) is 1. The number of ether oxygens (including phenoxy) is 1. The van der Waals surface area contributed by atoms with Crippen molar-refractivity contribution in [2.24, 2.45) is 5.41 Å². The third-order valence-electron chi connectivity index (χ3n) is 7.72. The second-order valence-corrected chi connectivity index (χ2v) is 13.7. The maximum atomic E-state index is 13.6. The summed E-state index contributed by atoms with van der Waals surface area (Å²) >= 11 is 1.25. The molecule has 1 aliphatic heterocycles. The summed E-state index contributed by atoms with van der Waals surface area (Å²) in [5.74, 6) is -3.80. The van der Waals surface area contributed by atoms with Gasteiger partial charge in [-0.2, -0.15) is 0 Å². The molecule has 1 fully saturated rings. The van der Waals surface area contributed by atoms with Gasteiger partial charge in [-0.1, -0.05) is 45.0 Å². The molecular formula is C35H38F2N4O8S. The SMILES string of the molecule is CC(C)(C)[C@@H](NC(=O)CNC(=O)COc1ccc([C@@H]2[C@@H](SC[C@@H](O)c3ccc(F)cc3)C(=O)N2c2ccc(F)cc2)cc1)C(=O)NCC(=O)O. The van der Waals surface area contributed by atoms with Gasteiger partial charge in [-0.25, -0.2) is 8.78 Å². The number of hydrogen-bond donors (Lipinski definition) is 5. The average Bonchev–Trinajstić information content (AvgIpc) is 3.07. The first-order valence-corrected chi connectivity index (χ1v) is 16.6. The van der Waals surface area contributed by atoms with E-state index in [-0.39, 0.29) is 11.7 Å². The minimum atomic E-state index is -1.23. The zero-order valence-corrected chi connectivity index (χ0v) is 28.3. The second-order valence-electron chi connectivity index (χ2n) is 12.6. The highest BCUT2D eigenvalue weighted by Crippen LogP contribution is 2.46. The summed E-state index contributed by atoms with van der Waals surface area (Å²) in [6.07, 6.45) is -0.940. The largest absolute Gasteiger partial charge is 0.484 e. The van der Waals surface area contributed by atoms with Crippen molar-refractivity contribution in [1.29, 1.82) is 0 Å². The standard InChI is InChI=1S/C35H38F2N4O8S/c1-35(2,3)32(33(47)39-17-29(45)46)40-27(43)16-38-28(44)18-49-25-14-6-21(7-15-25)30-31(34(48)41(30)24-12-10-23(37)11-13-24)50-19-26(42)20-4-8-22(36)9-5-20/h4-15,26,30-32,42H,16-19H2,1-3H3,(H,38,44)(H,39,47)(H,40,43)(H,45,46)/t26-,30-,31-,32+/m1/s1. The molecule has 0 bridgehead atoms. The molecule has 0 saturated carbocycles. The van der Waals surface area contributed by atoms with Crippen LogP contribution in [0.4, 0.5) is 14.5 Å². The Morgan fingerprint density at radius 3 is 2.06 bits per heavy atom. The van der Waals surface area contributed by atoms with Gasteiger partial charge < -0.3 is 35.8 Å². The minimum absolute atomic E-state index is 0.166. The second kappa shape index (κ2) is 16.6. The summed E-state index contributed by atoms with van der Waals surface area (Å²) in [4.78, 5) is 63.0. The topological polar surface area (TPSA) is 174 Å². The van der Waals surface area contributed by atoms with Gasteiger partial charge in [-0.05, 0) is 65.1 Å². The Hall–Kier alpha value is -5.02. The number of nitrogens with zero attached hydrogens (tertiary/aromatic N) is 1. The predicted octanol–water partition coefficient (Wildman–Crippen LogP) is 3.11. The van der Waals surface area contributed by atoms with Crippen molar-refractivity contribution in [3.63, 3.8) is 0 Å². The lowest BCUT2D eigenvalue weighted by Gasteiger charge is -2.47. The van der Waals surface area contributed by atoms with E-state index >= 15 is 0 Å². The first-order valence-electron chi connectivity index (χ1n) is 15.6. The van der Waals surface area contributed by atoms with Crippen LogP contribution < -0.4 is 25.6 Å². The number of amides is 4. The fourth-order valence-corrected chi connectivity index (χ4v) is 6.41. The highest BCUT2D eigenvalue weighted by molar-refractivity contribution is 8.00. The third-order valence-corrected chi connectivity index (χ3v) is 9.05. The number of aliphatic hydroxyl groups excluding tert-OH is 1. The van der Waals surface area contributed by atoms with E-state index in [9.17, 15) is 37.9 Å². The van der Waals surface area contributed by atoms with Gasteiger partial charge in [0, 0.05) is 11.4 Å². The fourth-order valence-electron chi connectivity index (χ4n) is 5.11. The molecule has 3 aromatic rings.